The van der Waals surface area contributed by atoms with Crippen molar-refractivity contribution in [1.82, 2.24) is 15.5 Å². The van der Waals surface area contributed by atoms with Crippen molar-refractivity contribution in [3.8, 4) is 0 Å². The molecule has 2 amide bonds. The van der Waals surface area contributed by atoms with Crippen molar-refractivity contribution in [2.24, 2.45) is 0 Å². The van der Waals surface area contributed by atoms with Crippen LogP contribution in [0.15, 0.2) is 72.8 Å². The summed E-state index contributed by atoms with van der Waals surface area (Å²) in [7, 11) is 0. The maximum Gasteiger partial charge on any atom is 0.253 e. The topological polar surface area (TPSA) is 81.7 Å². The van der Waals surface area contributed by atoms with E-state index in [9.17, 15) is 23.5 Å². The summed E-state index contributed by atoms with van der Waals surface area (Å²) < 4.78 is 26.7. The van der Waals surface area contributed by atoms with Gasteiger partial charge in [0.25, 0.3) is 11.8 Å². The Balaban J connectivity index is 1.71. The van der Waals surface area contributed by atoms with Crippen molar-refractivity contribution in [3.05, 3.63) is 107 Å². The molecule has 0 radical (unpaired) electrons. The average molecular weight is 538 g/mol. The number of nitrogens with zero attached hydrogens (tertiary/aromatic N) is 1. The Hall–Kier alpha value is -3.62. The number of hydrogen-bond acceptors (Lipinski definition) is 4. The summed E-state index contributed by atoms with van der Waals surface area (Å²) in [5.74, 6) is -2.37. The van der Waals surface area contributed by atoms with E-state index < -0.39 is 29.7 Å². The van der Waals surface area contributed by atoms with Crippen LogP contribution in [0.3, 0.4) is 0 Å². The number of carbonyl (C=O) groups excluding carboxylic acids is 2. The first-order chi connectivity index (χ1) is 18.8. The van der Waals surface area contributed by atoms with E-state index in [2.05, 4.69) is 10.6 Å². The second-order valence-corrected chi connectivity index (χ2v) is 9.59. The van der Waals surface area contributed by atoms with Gasteiger partial charge < -0.3 is 20.6 Å². The summed E-state index contributed by atoms with van der Waals surface area (Å²) in [6.45, 7) is 5.66. The molecule has 0 aromatic heterocycles. The van der Waals surface area contributed by atoms with Crippen LogP contribution in [0.5, 0.6) is 0 Å². The van der Waals surface area contributed by atoms with Gasteiger partial charge in [0.2, 0.25) is 0 Å². The lowest BCUT2D eigenvalue weighted by Gasteiger charge is -2.25. The number of aliphatic hydroxyl groups excluding tert-OH is 1. The van der Waals surface area contributed by atoms with Crippen LogP contribution in [0.2, 0.25) is 0 Å². The van der Waals surface area contributed by atoms with E-state index in [4.69, 9.17) is 0 Å². The van der Waals surface area contributed by atoms with Gasteiger partial charge in [-0.05, 0) is 60.7 Å². The fourth-order valence-electron chi connectivity index (χ4n) is 4.39. The lowest BCUT2D eigenvalue weighted by molar-refractivity contribution is 0.0755. The molecule has 208 valence electrons. The predicted molar refractivity (Wildman–Crippen MR) is 148 cm³/mol. The van der Waals surface area contributed by atoms with Gasteiger partial charge in [-0.1, -0.05) is 56.3 Å². The zero-order valence-electron chi connectivity index (χ0n) is 22.5. The van der Waals surface area contributed by atoms with Crippen LogP contribution in [0, 0.1) is 11.6 Å². The fraction of sp³-hybridized carbons (Fsp3) is 0.355. The molecule has 3 aromatic rings. The molecule has 3 rings (SSSR count). The highest BCUT2D eigenvalue weighted by atomic mass is 19.2. The van der Waals surface area contributed by atoms with Gasteiger partial charge in [-0.25, -0.2) is 8.78 Å². The van der Waals surface area contributed by atoms with E-state index in [1.807, 2.05) is 44.2 Å². The Morgan fingerprint density at radius 1 is 0.846 bits per heavy atom. The number of hydrogen-bond donors (Lipinski definition) is 3. The minimum atomic E-state index is -0.978. The van der Waals surface area contributed by atoms with E-state index in [0.717, 1.165) is 30.5 Å². The Bertz CT molecular complexity index is 1220. The van der Waals surface area contributed by atoms with Crippen LogP contribution < -0.4 is 10.6 Å². The standard InChI is InChI=1S/C31H37F2N3O3/c1-3-15-36(16-4-2)31(39)25-12-8-11-24(19-25)30(38)35-28(18-22-9-6-5-7-10-22)29(37)21-34-20-23-13-14-26(32)27(33)17-23/h5-14,17,19,28-29,34,37H,3-4,15-16,18,20-21H2,1-2H3,(H,35,38)/t28-,29+/m0/s1. The monoisotopic (exact) mass is 537 g/mol. The second-order valence-electron chi connectivity index (χ2n) is 9.59. The van der Waals surface area contributed by atoms with Crippen molar-refractivity contribution in [3.63, 3.8) is 0 Å². The van der Waals surface area contributed by atoms with Crippen molar-refractivity contribution < 1.29 is 23.5 Å². The van der Waals surface area contributed by atoms with Gasteiger partial charge in [0.05, 0.1) is 12.1 Å². The van der Waals surface area contributed by atoms with Gasteiger partial charge in [-0.15, -0.1) is 0 Å². The Morgan fingerprint density at radius 3 is 2.21 bits per heavy atom. The van der Waals surface area contributed by atoms with Crippen LogP contribution in [0.25, 0.3) is 0 Å². The minimum absolute atomic E-state index is 0.109. The first kappa shape index (κ1) is 29.9. The predicted octanol–water partition coefficient (Wildman–Crippen LogP) is 4.72. The molecule has 0 unspecified atom stereocenters. The first-order valence-corrected chi connectivity index (χ1v) is 13.4. The zero-order chi connectivity index (χ0) is 28.2. The quantitative estimate of drug-likeness (QED) is 0.278. The number of rotatable bonds is 14. The van der Waals surface area contributed by atoms with Gasteiger partial charge in [0, 0.05) is 37.3 Å². The van der Waals surface area contributed by atoms with Gasteiger partial charge in [0.15, 0.2) is 11.6 Å². The Labute approximate surface area is 229 Å². The summed E-state index contributed by atoms with van der Waals surface area (Å²) >= 11 is 0. The number of amides is 2. The smallest absolute Gasteiger partial charge is 0.253 e. The summed E-state index contributed by atoms with van der Waals surface area (Å²) in [5, 5.41) is 17.0. The van der Waals surface area contributed by atoms with E-state index in [1.54, 1.807) is 29.2 Å². The minimum Gasteiger partial charge on any atom is -0.390 e. The maximum atomic E-state index is 13.5. The van der Waals surface area contributed by atoms with E-state index >= 15 is 0 Å². The van der Waals surface area contributed by atoms with Gasteiger partial charge >= 0.3 is 0 Å². The fourth-order valence-corrected chi connectivity index (χ4v) is 4.39. The van der Waals surface area contributed by atoms with Crippen LogP contribution in [-0.4, -0.2) is 53.6 Å². The van der Waals surface area contributed by atoms with Crippen molar-refractivity contribution >= 4 is 11.8 Å². The molecule has 0 bridgehead atoms. The summed E-state index contributed by atoms with van der Waals surface area (Å²) in [6.07, 6.45) is 1.08. The van der Waals surface area contributed by atoms with Crippen LogP contribution in [-0.2, 0) is 13.0 Å². The van der Waals surface area contributed by atoms with Crippen molar-refractivity contribution in [1.29, 1.82) is 0 Å². The molecule has 0 fully saturated rings. The summed E-state index contributed by atoms with van der Waals surface area (Å²) in [5.41, 5.74) is 2.24. The molecule has 0 aliphatic heterocycles. The highest BCUT2D eigenvalue weighted by molar-refractivity contribution is 5.99. The van der Waals surface area contributed by atoms with Crippen LogP contribution >= 0.6 is 0 Å². The van der Waals surface area contributed by atoms with Gasteiger partial charge in [0.1, 0.15) is 0 Å². The normalized spacial score (nSPS) is 12.5. The Kier molecular flexibility index (Phi) is 11.6. The van der Waals surface area contributed by atoms with Crippen LogP contribution in [0.1, 0.15) is 58.5 Å². The second kappa shape index (κ2) is 15.1. The molecule has 6 nitrogen and oxygen atoms in total. The maximum absolute atomic E-state index is 13.5. The third-order valence-electron chi connectivity index (χ3n) is 6.39. The highest BCUT2D eigenvalue weighted by Gasteiger charge is 2.23. The van der Waals surface area contributed by atoms with Crippen LogP contribution in [0.4, 0.5) is 8.78 Å². The number of benzene rings is 3. The van der Waals surface area contributed by atoms with E-state index in [0.29, 0.717) is 36.2 Å². The Morgan fingerprint density at radius 2 is 1.54 bits per heavy atom. The van der Waals surface area contributed by atoms with Crippen molar-refractivity contribution in [2.45, 2.75) is 51.8 Å². The molecule has 3 N–H and O–H groups in total. The lowest BCUT2D eigenvalue weighted by Crippen LogP contribution is -2.48. The largest absolute Gasteiger partial charge is 0.390 e. The van der Waals surface area contributed by atoms with Gasteiger partial charge in [-0.2, -0.15) is 0 Å². The summed E-state index contributed by atoms with van der Waals surface area (Å²) in [4.78, 5) is 28.1. The molecule has 0 aliphatic rings. The molecular formula is C31H37F2N3O3. The number of carbonyl (C=O) groups is 2. The molecule has 3 aromatic carbocycles. The molecule has 2 atom stereocenters. The highest BCUT2D eigenvalue weighted by Crippen LogP contribution is 2.13. The molecule has 0 saturated heterocycles. The molecule has 0 aliphatic carbocycles. The molecule has 0 spiro atoms. The molecule has 0 heterocycles. The van der Waals surface area contributed by atoms with E-state index in [1.165, 1.54) is 6.07 Å². The zero-order valence-corrected chi connectivity index (χ0v) is 22.5. The molecular weight excluding hydrogens is 500 g/mol. The lowest BCUT2D eigenvalue weighted by atomic mass is 10.00. The number of nitrogens with one attached hydrogen (secondary N) is 2. The van der Waals surface area contributed by atoms with Crippen molar-refractivity contribution in [2.75, 3.05) is 19.6 Å². The van der Waals surface area contributed by atoms with Gasteiger partial charge in [-0.3, -0.25) is 9.59 Å². The summed E-state index contributed by atoms with van der Waals surface area (Å²) in [6, 6.07) is 19.1. The molecule has 39 heavy (non-hydrogen) atoms. The third-order valence-corrected chi connectivity index (χ3v) is 6.39. The molecule has 8 heteroatoms. The molecule has 0 saturated carbocycles. The number of halogens is 2. The number of aliphatic hydroxyl groups is 1. The third kappa shape index (κ3) is 8.97. The average Bonchev–Trinajstić information content (AvgIpc) is 2.94. The SMILES string of the molecule is CCCN(CCC)C(=O)c1cccc(C(=O)N[C@@H](Cc2ccccc2)[C@H](O)CNCc2ccc(F)c(F)c2)c1. The van der Waals surface area contributed by atoms with E-state index in [-0.39, 0.29) is 19.0 Å². The first-order valence-electron chi connectivity index (χ1n) is 13.4.